The number of aromatic nitrogens is 2. The Morgan fingerprint density at radius 2 is 1.91 bits per heavy atom. The van der Waals surface area contributed by atoms with Crippen LogP contribution in [0.1, 0.15) is 51.6 Å². The van der Waals surface area contributed by atoms with E-state index in [1.807, 2.05) is 6.92 Å². The van der Waals surface area contributed by atoms with Crippen molar-refractivity contribution in [1.82, 2.24) is 9.36 Å². The topological polar surface area (TPSA) is 58.0 Å². The van der Waals surface area contributed by atoms with Gasteiger partial charge in [0.15, 0.2) is 0 Å². The minimum Gasteiger partial charge on any atom is -0.388 e. The highest BCUT2D eigenvalue weighted by molar-refractivity contribution is 7.09. The lowest BCUT2D eigenvalue weighted by atomic mass is 9.96. The molecule has 2 unspecified atom stereocenters. The minimum absolute atomic E-state index is 0.0285. The van der Waals surface area contributed by atoms with Crippen LogP contribution in [0.15, 0.2) is 24.3 Å². The van der Waals surface area contributed by atoms with Crippen LogP contribution in [0.3, 0.4) is 0 Å². The molecule has 0 fully saturated rings. The van der Waals surface area contributed by atoms with Gasteiger partial charge in [0, 0.05) is 23.0 Å². The zero-order chi connectivity index (χ0) is 16.3. The molecule has 22 heavy (non-hydrogen) atoms. The smallest absolute Gasteiger partial charge is 0.202 e. The molecule has 0 amide bonds. The highest BCUT2D eigenvalue weighted by atomic mass is 32.1. The van der Waals surface area contributed by atoms with Crippen molar-refractivity contribution in [2.24, 2.45) is 0 Å². The maximum Gasteiger partial charge on any atom is 0.202 e. The Labute approximate surface area is 134 Å². The van der Waals surface area contributed by atoms with Crippen molar-refractivity contribution < 1.29 is 9.50 Å². The molecule has 6 heteroatoms. The second-order valence-electron chi connectivity index (χ2n) is 6.52. The van der Waals surface area contributed by atoms with E-state index in [4.69, 9.17) is 0 Å². The van der Waals surface area contributed by atoms with Gasteiger partial charge < -0.3 is 10.4 Å². The highest BCUT2D eigenvalue weighted by Gasteiger charge is 2.20. The highest BCUT2D eigenvalue weighted by Crippen LogP contribution is 2.25. The Hall–Kier alpha value is -1.53. The summed E-state index contributed by atoms with van der Waals surface area (Å²) in [5, 5.41) is 14.2. The van der Waals surface area contributed by atoms with E-state index in [-0.39, 0.29) is 17.3 Å². The van der Waals surface area contributed by atoms with Crippen LogP contribution in [0, 0.1) is 5.82 Å². The van der Waals surface area contributed by atoms with Crippen LogP contribution in [0.4, 0.5) is 9.52 Å². The number of nitrogens with zero attached hydrogens (tertiary/aromatic N) is 2. The van der Waals surface area contributed by atoms with E-state index < -0.39 is 6.10 Å². The lowest BCUT2D eigenvalue weighted by Gasteiger charge is -2.17. The van der Waals surface area contributed by atoms with Gasteiger partial charge in [-0.3, -0.25) is 0 Å². The normalized spacial score (nSPS) is 14.6. The first-order valence-corrected chi connectivity index (χ1v) is 8.07. The number of hydrogen-bond acceptors (Lipinski definition) is 5. The molecule has 0 saturated carbocycles. The predicted molar refractivity (Wildman–Crippen MR) is 87.7 cm³/mol. The molecule has 2 aromatic rings. The molecule has 0 radical (unpaired) electrons. The summed E-state index contributed by atoms with van der Waals surface area (Å²) in [5.74, 6) is 0.511. The fourth-order valence-electron chi connectivity index (χ4n) is 2.01. The van der Waals surface area contributed by atoms with Crippen molar-refractivity contribution in [2.75, 3.05) is 5.32 Å². The van der Waals surface area contributed by atoms with E-state index in [0.29, 0.717) is 12.0 Å². The van der Waals surface area contributed by atoms with E-state index in [9.17, 15) is 9.50 Å². The molecular formula is C16H22FN3OS. The van der Waals surface area contributed by atoms with Gasteiger partial charge in [-0.2, -0.15) is 4.37 Å². The molecule has 1 aromatic carbocycles. The van der Waals surface area contributed by atoms with Gasteiger partial charge in [0.1, 0.15) is 11.6 Å². The first-order valence-electron chi connectivity index (χ1n) is 7.30. The van der Waals surface area contributed by atoms with Crippen LogP contribution in [0.5, 0.6) is 0 Å². The molecule has 0 aliphatic carbocycles. The third-order valence-corrected chi connectivity index (χ3v) is 3.94. The summed E-state index contributed by atoms with van der Waals surface area (Å²) in [5.41, 5.74) is 0.635. The Bertz CT molecular complexity index is 607. The van der Waals surface area contributed by atoms with E-state index in [1.165, 1.54) is 23.7 Å². The van der Waals surface area contributed by atoms with Crippen molar-refractivity contribution in [3.05, 3.63) is 41.5 Å². The third kappa shape index (κ3) is 4.48. The van der Waals surface area contributed by atoms with Gasteiger partial charge in [0.25, 0.3) is 0 Å². The van der Waals surface area contributed by atoms with Gasteiger partial charge in [-0.05, 0) is 31.0 Å². The molecule has 0 bridgehead atoms. The van der Waals surface area contributed by atoms with Crippen molar-refractivity contribution >= 4 is 16.7 Å². The van der Waals surface area contributed by atoms with Crippen LogP contribution in [0.25, 0.3) is 0 Å². The molecule has 4 nitrogen and oxygen atoms in total. The van der Waals surface area contributed by atoms with Crippen LogP contribution in [-0.4, -0.2) is 20.5 Å². The molecule has 120 valence electrons. The molecule has 2 atom stereocenters. The summed E-state index contributed by atoms with van der Waals surface area (Å²) >= 11 is 1.33. The largest absolute Gasteiger partial charge is 0.388 e. The minimum atomic E-state index is -0.641. The Kier molecular flexibility index (Phi) is 5.13. The maximum absolute atomic E-state index is 12.9. The quantitative estimate of drug-likeness (QED) is 0.876. The lowest BCUT2D eigenvalue weighted by molar-refractivity contribution is 0.162. The van der Waals surface area contributed by atoms with Gasteiger partial charge in [-0.1, -0.05) is 32.9 Å². The maximum atomic E-state index is 12.9. The zero-order valence-electron chi connectivity index (χ0n) is 13.3. The number of anilines is 1. The van der Waals surface area contributed by atoms with Crippen molar-refractivity contribution in [3.8, 4) is 0 Å². The molecule has 0 spiro atoms. The number of aliphatic hydroxyl groups is 1. The van der Waals surface area contributed by atoms with E-state index in [0.717, 1.165) is 11.0 Å². The molecule has 2 N–H and O–H groups in total. The lowest BCUT2D eigenvalue weighted by Crippen LogP contribution is -2.19. The molecule has 2 rings (SSSR count). The van der Waals surface area contributed by atoms with Crippen LogP contribution >= 0.6 is 11.5 Å². The van der Waals surface area contributed by atoms with Crippen molar-refractivity contribution in [1.29, 1.82) is 0 Å². The van der Waals surface area contributed by atoms with E-state index in [2.05, 4.69) is 35.4 Å². The van der Waals surface area contributed by atoms with E-state index >= 15 is 0 Å². The monoisotopic (exact) mass is 323 g/mol. The summed E-state index contributed by atoms with van der Waals surface area (Å²) < 4.78 is 17.2. The first-order chi connectivity index (χ1) is 10.3. The van der Waals surface area contributed by atoms with Crippen molar-refractivity contribution in [3.63, 3.8) is 0 Å². The fourth-order valence-corrected chi connectivity index (χ4v) is 2.88. The summed E-state index contributed by atoms with van der Waals surface area (Å²) in [6, 6.07) is 5.96. The summed E-state index contributed by atoms with van der Waals surface area (Å²) in [6.45, 7) is 8.19. The molecule has 1 aromatic heterocycles. The fraction of sp³-hybridized carbons (Fsp3) is 0.500. The summed E-state index contributed by atoms with van der Waals surface area (Å²) in [7, 11) is 0. The first kappa shape index (κ1) is 16.8. The standard InChI is InChI=1S/C16H22FN3OS/c1-10(9-13(21)11-5-7-12(17)8-6-11)18-15-19-14(20-22-15)16(2,3)4/h5-8,10,13,21H,9H2,1-4H3,(H,18,19,20). The predicted octanol–water partition coefficient (Wildman–Crippen LogP) is 3.90. The average Bonchev–Trinajstić information content (AvgIpc) is 2.87. The number of halogens is 1. The van der Waals surface area contributed by atoms with Gasteiger partial charge in [0.05, 0.1) is 6.10 Å². The number of hydrogen-bond donors (Lipinski definition) is 2. The molecular weight excluding hydrogens is 301 g/mol. The number of rotatable bonds is 5. The number of benzene rings is 1. The van der Waals surface area contributed by atoms with Gasteiger partial charge in [-0.15, -0.1) is 0 Å². The van der Waals surface area contributed by atoms with Gasteiger partial charge >= 0.3 is 0 Å². The Balaban J connectivity index is 1.93. The third-order valence-electron chi connectivity index (χ3n) is 3.30. The average molecular weight is 323 g/mol. The van der Waals surface area contributed by atoms with Crippen LogP contribution in [-0.2, 0) is 5.41 Å². The zero-order valence-corrected chi connectivity index (χ0v) is 14.1. The molecule has 0 saturated heterocycles. The summed E-state index contributed by atoms with van der Waals surface area (Å²) in [4.78, 5) is 4.48. The molecule has 0 aliphatic rings. The molecule has 0 aliphatic heterocycles. The Morgan fingerprint density at radius 1 is 1.27 bits per heavy atom. The Morgan fingerprint density at radius 3 is 2.45 bits per heavy atom. The van der Waals surface area contributed by atoms with E-state index in [1.54, 1.807) is 12.1 Å². The second kappa shape index (κ2) is 6.71. The number of aliphatic hydroxyl groups excluding tert-OH is 1. The number of nitrogens with one attached hydrogen (secondary N) is 1. The van der Waals surface area contributed by atoms with Crippen LogP contribution < -0.4 is 5.32 Å². The molecule has 1 heterocycles. The van der Waals surface area contributed by atoms with Crippen molar-refractivity contribution in [2.45, 2.75) is 51.7 Å². The second-order valence-corrected chi connectivity index (χ2v) is 7.27. The van der Waals surface area contributed by atoms with Crippen LogP contribution in [0.2, 0.25) is 0 Å². The van der Waals surface area contributed by atoms with Gasteiger partial charge in [-0.25, -0.2) is 9.37 Å². The van der Waals surface area contributed by atoms with Gasteiger partial charge in [0.2, 0.25) is 5.13 Å². The summed E-state index contributed by atoms with van der Waals surface area (Å²) in [6.07, 6.45) is -0.131. The SMILES string of the molecule is CC(CC(O)c1ccc(F)cc1)Nc1nc(C(C)(C)C)ns1.